The quantitative estimate of drug-likeness (QED) is 0.447. The van der Waals surface area contributed by atoms with E-state index < -0.39 is 17.8 Å². The zero-order valence-corrected chi connectivity index (χ0v) is 23.9. The minimum absolute atomic E-state index is 0. The minimum Gasteiger partial charge on any atom is -0.350 e. The van der Waals surface area contributed by atoms with Crippen LogP contribution in [0.1, 0.15) is 56.2 Å². The van der Waals surface area contributed by atoms with Gasteiger partial charge in [-0.2, -0.15) is 13.2 Å². The second-order valence-corrected chi connectivity index (χ2v) is 11.3. The second-order valence-electron chi connectivity index (χ2n) is 11.3. The second kappa shape index (κ2) is 13.8. The summed E-state index contributed by atoms with van der Waals surface area (Å²) < 4.78 is 38.7. The molecule has 40 heavy (non-hydrogen) atoms. The van der Waals surface area contributed by atoms with Gasteiger partial charge < -0.3 is 16.0 Å². The first-order valence-corrected chi connectivity index (χ1v) is 13.8. The van der Waals surface area contributed by atoms with Crippen LogP contribution < -0.4 is 11.1 Å². The first-order valence-electron chi connectivity index (χ1n) is 13.8. The van der Waals surface area contributed by atoms with E-state index in [0.717, 1.165) is 31.4 Å². The average molecular weight is 581 g/mol. The lowest BCUT2D eigenvalue weighted by molar-refractivity contribution is -0.143. The Morgan fingerprint density at radius 1 is 1.07 bits per heavy atom. The molecule has 4 atom stereocenters. The van der Waals surface area contributed by atoms with Crippen LogP contribution in [0, 0.1) is 5.92 Å². The van der Waals surface area contributed by atoms with E-state index in [1.165, 1.54) is 17.7 Å². The predicted octanol–water partition coefficient (Wildman–Crippen LogP) is 4.79. The zero-order valence-electron chi connectivity index (χ0n) is 23.1. The van der Waals surface area contributed by atoms with Crippen LogP contribution in [0.2, 0.25) is 0 Å². The maximum absolute atomic E-state index is 13.9. The molecule has 4 rings (SSSR count). The molecule has 220 valence electrons. The van der Waals surface area contributed by atoms with Gasteiger partial charge in [-0.3, -0.25) is 14.5 Å². The lowest BCUT2D eigenvalue weighted by Gasteiger charge is -2.33. The van der Waals surface area contributed by atoms with Gasteiger partial charge in [-0.15, -0.1) is 12.4 Å². The largest absolute Gasteiger partial charge is 0.416 e. The van der Waals surface area contributed by atoms with Crippen LogP contribution in [0.4, 0.5) is 13.2 Å². The topological polar surface area (TPSA) is 78.7 Å². The fourth-order valence-corrected chi connectivity index (χ4v) is 5.83. The summed E-state index contributed by atoms with van der Waals surface area (Å²) in [6.07, 6.45) is -0.781. The van der Waals surface area contributed by atoms with Gasteiger partial charge in [0, 0.05) is 31.7 Å². The number of hydrogen-bond donors (Lipinski definition) is 2. The van der Waals surface area contributed by atoms with E-state index in [1.807, 2.05) is 32.0 Å². The molecule has 2 aliphatic heterocycles. The number of carbonyl (C=O) groups excluding carboxylic acids is 2. The van der Waals surface area contributed by atoms with Crippen molar-refractivity contribution in [1.29, 1.82) is 0 Å². The molecule has 0 radical (unpaired) electrons. The van der Waals surface area contributed by atoms with Crippen molar-refractivity contribution in [2.75, 3.05) is 13.1 Å². The van der Waals surface area contributed by atoms with Crippen LogP contribution in [-0.2, 0) is 28.7 Å². The normalized spacial score (nSPS) is 22.4. The van der Waals surface area contributed by atoms with Crippen molar-refractivity contribution < 1.29 is 22.8 Å². The Balaban J connectivity index is 0.00000441. The number of nitrogens with zero attached hydrogens (tertiary/aromatic N) is 2. The molecule has 2 saturated heterocycles. The third kappa shape index (κ3) is 7.98. The molecule has 2 fully saturated rings. The average Bonchev–Trinajstić information content (AvgIpc) is 3.24. The standard InChI is InChI=1S/C30H39F3N4O2.ClH/c1-20(2)16-26(28(38)35-18-22-8-11-23(12-9-22)30(31,32)33)36-15-14-25(13-10-21-6-4-3-5-7-21)37-19-24(34)17-27(37)29(36)39;/h3-9,11-12,20,24-27H,10,13-19,34H2,1-2H3,(H,35,38);1H/t24-,25?,26-,27+;/m1./s1. The molecule has 6 nitrogen and oxygen atoms in total. The summed E-state index contributed by atoms with van der Waals surface area (Å²) in [5.74, 6) is -0.173. The third-order valence-electron chi connectivity index (χ3n) is 7.84. The predicted molar refractivity (Wildman–Crippen MR) is 152 cm³/mol. The summed E-state index contributed by atoms with van der Waals surface area (Å²) in [7, 11) is 0. The summed E-state index contributed by atoms with van der Waals surface area (Å²) in [5, 5.41) is 2.87. The van der Waals surface area contributed by atoms with E-state index in [4.69, 9.17) is 5.73 Å². The number of hydrogen-bond acceptors (Lipinski definition) is 4. The monoisotopic (exact) mass is 580 g/mol. The van der Waals surface area contributed by atoms with E-state index in [-0.39, 0.29) is 54.8 Å². The highest BCUT2D eigenvalue weighted by Crippen LogP contribution is 2.31. The maximum Gasteiger partial charge on any atom is 0.416 e. The highest BCUT2D eigenvalue weighted by atomic mass is 35.5. The number of carbonyl (C=O) groups is 2. The van der Waals surface area contributed by atoms with Crippen molar-refractivity contribution in [3.05, 3.63) is 71.3 Å². The molecule has 0 aromatic heterocycles. The van der Waals surface area contributed by atoms with Gasteiger partial charge in [-0.25, -0.2) is 0 Å². The van der Waals surface area contributed by atoms with Crippen LogP contribution in [-0.4, -0.2) is 58.9 Å². The van der Waals surface area contributed by atoms with Gasteiger partial charge in [-0.1, -0.05) is 56.3 Å². The fourth-order valence-electron chi connectivity index (χ4n) is 5.83. The fraction of sp³-hybridized carbons (Fsp3) is 0.533. The molecule has 0 spiro atoms. The Hall–Kier alpha value is -2.62. The number of fused-ring (bicyclic) bond motifs is 1. The van der Waals surface area contributed by atoms with Gasteiger partial charge in [0.25, 0.3) is 0 Å². The number of nitrogens with two attached hydrogens (primary N) is 1. The summed E-state index contributed by atoms with van der Waals surface area (Å²) in [4.78, 5) is 31.3. The SMILES string of the molecule is CC(C)C[C@H](C(=O)NCc1ccc(C(F)(F)F)cc1)N1CCC(CCc2ccccc2)N2C[C@H](N)C[C@H]2C1=O.Cl. The molecule has 2 amide bonds. The summed E-state index contributed by atoms with van der Waals surface area (Å²) in [6.45, 7) is 5.26. The van der Waals surface area contributed by atoms with Crippen molar-refractivity contribution in [2.24, 2.45) is 11.7 Å². The Bertz CT molecular complexity index is 1110. The molecular weight excluding hydrogens is 541 g/mol. The van der Waals surface area contributed by atoms with Gasteiger partial charge in [0.2, 0.25) is 11.8 Å². The lowest BCUT2D eigenvalue weighted by atomic mass is 9.99. The van der Waals surface area contributed by atoms with Crippen molar-refractivity contribution in [1.82, 2.24) is 15.1 Å². The molecule has 0 aliphatic carbocycles. The van der Waals surface area contributed by atoms with Gasteiger partial charge in [0.05, 0.1) is 11.6 Å². The van der Waals surface area contributed by atoms with Gasteiger partial charge in [0.15, 0.2) is 0 Å². The van der Waals surface area contributed by atoms with E-state index in [1.54, 1.807) is 4.90 Å². The molecule has 2 heterocycles. The number of aryl methyl sites for hydroxylation is 1. The van der Waals surface area contributed by atoms with E-state index in [2.05, 4.69) is 22.3 Å². The zero-order chi connectivity index (χ0) is 28.2. The molecule has 2 aliphatic rings. The Morgan fingerprint density at radius 3 is 2.38 bits per heavy atom. The number of nitrogens with one attached hydrogen (secondary N) is 1. The molecule has 10 heteroatoms. The van der Waals surface area contributed by atoms with Gasteiger partial charge in [-0.05, 0) is 61.3 Å². The number of rotatable bonds is 9. The smallest absolute Gasteiger partial charge is 0.350 e. The van der Waals surface area contributed by atoms with Crippen molar-refractivity contribution in [3.63, 3.8) is 0 Å². The molecule has 2 aromatic carbocycles. The van der Waals surface area contributed by atoms with Crippen LogP contribution in [0.5, 0.6) is 0 Å². The van der Waals surface area contributed by atoms with Gasteiger partial charge >= 0.3 is 6.18 Å². The maximum atomic E-state index is 13.9. The van der Waals surface area contributed by atoms with Gasteiger partial charge in [0.1, 0.15) is 6.04 Å². The summed E-state index contributed by atoms with van der Waals surface area (Å²) in [6, 6.07) is 14.1. The first-order chi connectivity index (χ1) is 18.5. The Kier molecular flexibility index (Phi) is 11.0. The van der Waals surface area contributed by atoms with E-state index in [9.17, 15) is 22.8 Å². The summed E-state index contributed by atoms with van der Waals surface area (Å²) in [5.41, 5.74) is 7.42. The lowest BCUT2D eigenvalue weighted by Crippen LogP contribution is -2.53. The summed E-state index contributed by atoms with van der Waals surface area (Å²) >= 11 is 0. The number of halogens is 4. The van der Waals surface area contributed by atoms with Crippen LogP contribution in [0.3, 0.4) is 0 Å². The highest BCUT2D eigenvalue weighted by molar-refractivity contribution is 5.90. The number of amides is 2. The van der Waals surface area contributed by atoms with Crippen molar-refractivity contribution >= 4 is 24.2 Å². The first kappa shape index (κ1) is 31.9. The van der Waals surface area contributed by atoms with E-state index in [0.29, 0.717) is 31.5 Å². The molecule has 0 saturated carbocycles. The van der Waals surface area contributed by atoms with Crippen LogP contribution >= 0.6 is 12.4 Å². The van der Waals surface area contributed by atoms with Crippen molar-refractivity contribution in [3.8, 4) is 0 Å². The van der Waals surface area contributed by atoms with E-state index >= 15 is 0 Å². The molecule has 2 aromatic rings. The van der Waals surface area contributed by atoms with Crippen LogP contribution in [0.25, 0.3) is 0 Å². The third-order valence-corrected chi connectivity index (χ3v) is 7.84. The Morgan fingerprint density at radius 2 is 1.75 bits per heavy atom. The molecule has 3 N–H and O–H groups in total. The Labute approximate surface area is 240 Å². The minimum atomic E-state index is -4.41. The molecule has 0 bridgehead atoms. The highest BCUT2D eigenvalue weighted by Gasteiger charge is 2.45. The van der Waals surface area contributed by atoms with Crippen LogP contribution in [0.15, 0.2) is 54.6 Å². The molecular formula is C30H40ClF3N4O2. The number of benzene rings is 2. The molecule has 1 unspecified atom stereocenters. The van der Waals surface area contributed by atoms with Crippen molar-refractivity contribution in [2.45, 2.75) is 82.8 Å². The number of alkyl halides is 3.